The summed E-state index contributed by atoms with van der Waals surface area (Å²) in [5.74, 6) is 0. The number of nitrogens with one attached hydrogen (secondary N) is 1. The number of nitrogens with zero attached hydrogens (tertiary/aromatic N) is 1. The summed E-state index contributed by atoms with van der Waals surface area (Å²) in [7, 11) is 4.12. The first kappa shape index (κ1) is 15.1. The third-order valence-corrected chi connectivity index (χ3v) is 4.24. The van der Waals surface area contributed by atoms with Crippen LogP contribution in [0.1, 0.15) is 24.1 Å². The third kappa shape index (κ3) is 3.84. The molecule has 106 valence electrons. The van der Waals surface area contributed by atoms with Crippen molar-refractivity contribution in [2.75, 3.05) is 19.0 Å². The highest BCUT2D eigenvalue weighted by atomic mass is 79.9. The van der Waals surface area contributed by atoms with Crippen LogP contribution < -0.4 is 10.2 Å². The normalized spacial score (nSPS) is 12.2. The molecular formula is C17H21BrN2. The summed E-state index contributed by atoms with van der Waals surface area (Å²) in [6, 6.07) is 17.3. The van der Waals surface area contributed by atoms with Crippen LogP contribution in [-0.2, 0) is 6.54 Å². The van der Waals surface area contributed by atoms with E-state index < -0.39 is 0 Å². The predicted octanol–water partition coefficient (Wildman–Crippen LogP) is 4.37. The van der Waals surface area contributed by atoms with Crippen molar-refractivity contribution in [3.8, 4) is 0 Å². The molecule has 0 saturated carbocycles. The van der Waals surface area contributed by atoms with Gasteiger partial charge in [-0.05, 0) is 36.2 Å². The van der Waals surface area contributed by atoms with Gasteiger partial charge in [-0.1, -0.05) is 46.3 Å². The van der Waals surface area contributed by atoms with Crippen molar-refractivity contribution < 1.29 is 0 Å². The molecule has 0 fully saturated rings. The number of hydrogen-bond acceptors (Lipinski definition) is 2. The molecular weight excluding hydrogens is 312 g/mol. The van der Waals surface area contributed by atoms with Crippen molar-refractivity contribution in [1.82, 2.24) is 5.32 Å². The van der Waals surface area contributed by atoms with Crippen molar-refractivity contribution in [2.45, 2.75) is 19.5 Å². The minimum Gasteiger partial charge on any atom is -0.378 e. The fourth-order valence-electron chi connectivity index (χ4n) is 2.08. The summed E-state index contributed by atoms with van der Waals surface area (Å²) in [5.41, 5.74) is 3.82. The summed E-state index contributed by atoms with van der Waals surface area (Å²) in [4.78, 5) is 2.11. The number of hydrogen-bond donors (Lipinski definition) is 1. The fraction of sp³-hybridized carbons (Fsp3) is 0.294. The van der Waals surface area contributed by atoms with Crippen molar-refractivity contribution in [3.63, 3.8) is 0 Å². The van der Waals surface area contributed by atoms with Gasteiger partial charge in [-0.15, -0.1) is 0 Å². The van der Waals surface area contributed by atoms with Gasteiger partial charge in [0.1, 0.15) is 0 Å². The summed E-state index contributed by atoms with van der Waals surface area (Å²) >= 11 is 3.58. The Morgan fingerprint density at radius 1 is 1.05 bits per heavy atom. The van der Waals surface area contributed by atoms with Crippen LogP contribution in [0.3, 0.4) is 0 Å². The summed E-state index contributed by atoms with van der Waals surface area (Å²) < 4.78 is 1.16. The Balaban J connectivity index is 1.98. The lowest BCUT2D eigenvalue weighted by Gasteiger charge is -2.17. The first-order valence-corrected chi connectivity index (χ1v) is 7.61. The van der Waals surface area contributed by atoms with Crippen LogP contribution in [0.2, 0.25) is 0 Å². The van der Waals surface area contributed by atoms with E-state index in [1.807, 2.05) is 6.07 Å². The number of halogens is 1. The smallest absolute Gasteiger partial charge is 0.0361 e. The average Bonchev–Trinajstić information content (AvgIpc) is 2.46. The topological polar surface area (TPSA) is 15.3 Å². The zero-order chi connectivity index (χ0) is 14.5. The predicted molar refractivity (Wildman–Crippen MR) is 90.2 cm³/mol. The Morgan fingerprint density at radius 2 is 1.70 bits per heavy atom. The molecule has 0 saturated heterocycles. The first-order valence-electron chi connectivity index (χ1n) is 6.82. The molecule has 0 bridgehead atoms. The molecule has 0 aliphatic carbocycles. The van der Waals surface area contributed by atoms with Crippen LogP contribution in [0, 0.1) is 0 Å². The van der Waals surface area contributed by atoms with E-state index in [1.165, 1.54) is 16.8 Å². The number of anilines is 1. The highest BCUT2D eigenvalue weighted by Crippen LogP contribution is 2.20. The molecule has 0 radical (unpaired) electrons. The van der Waals surface area contributed by atoms with E-state index in [-0.39, 0.29) is 0 Å². The van der Waals surface area contributed by atoms with Gasteiger partial charge < -0.3 is 10.2 Å². The number of benzene rings is 2. The minimum atomic E-state index is 0.332. The van der Waals surface area contributed by atoms with E-state index in [0.29, 0.717) is 6.04 Å². The van der Waals surface area contributed by atoms with Gasteiger partial charge in [0.2, 0.25) is 0 Å². The zero-order valence-corrected chi connectivity index (χ0v) is 13.8. The Hall–Kier alpha value is -1.32. The van der Waals surface area contributed by atoms with Crippen LogP contribution >= 0.6 is 15.9 Å². The van der Waals surface area contributed by atoms with Crippen LogP contribution in [0.25, 0.3) is 0 Å². The highest BCUT2D eigenvalue weighted by molar-refractivity contribution is 9.10. The molecule has 1 atom stereocenters. The summed E-state index contributed by atoms with van der Waals surface area (Å²) in [6.07, 6.45) is 0. The zero-order valence-electron chi connectivity index (χ0n) is 12.2. The molecule has 3 heteroatoms. The molecule has 0 aliphatic rings. The average molecular weight is 333 g/mol. The number of rotatable bonds is 5. The van der Waals surface area contributed by atoms with Gasteiger partial charge in [0.25, 0.3) is 0 Å². The van der Waals surface area contributed by atoms with Gasteiger partial charge in [0.15, 0.2) is 0 Å². The molecule has 1 unspecified atom stereocenters. The highest BCUT2D eigenvalue weighted by Gasteiger charge is 2.06. The van der Waals surface area contributed by atoms with Crippen molar-refractivity contribution in [1.29, 1.82) is 0 Å². The minimum absolute atomic E-state index is 0.332. The third-order valence-electron chi connectivity index (χ3n) is 3.47. The van der Waals surface area contributed by atoms with Gasteiger partial charge in [0, 0.05) is 36.8 Å². The van der Waals surface area contributed by atoms with Gasteiger partial charge in [-0.25, -0.2) is 0 Å². The van der Waals surface area contributed by atoms with Gasteiger partial charge in [-0.3, -0.25) is 0 Å². The van der Waals surface area contributed by atoms with E-state index in [1.54, 1.807) is 0 Å². The van der Waals surface area contributed by atoms with Gasteiger partial charge >= 0.3 is 0 Å². The quantitative estimate of drug-likeness (QED) is 0.874. The molecule has 2 nitrogen and oxygen atoms in total. The first-order chi connectivity index (χ1) is 9.58. The second-order valence-corrected chi connectivity index (χ2v) is 6.03. The molecule has 0 heterocycles. The van der Waals surface area contributed by atoms with Crippen LogP contribution in [-0.4, -0.2) is 14.1 Å². The van der Waals surface area contributed by atoms with Gasteiger partial charge in [0.05, 0.1) is 0 Å². The molecule has 0 aliphatic heterocycles. The standard InChI is InChI=1S/C17H21BrN2/c1-13(14-8-10-16(11-9-14)20(2)3)19-12-15-6-4-5-7-17(15)18/h4-11,13,19H,12H2,1-3H3. The molecule has 0 amide bonds. The van der Waals surface area contributed by atoms with Crippen molar-refractivity contribution in [2.24, 2.45) is 0 Å². The van der Waals surface area contributed by atoms with E-state index in [2.05, 4.69) is 89.6 Å². The van der Waals surface area contributed by atoms with E-state index >= 15 is 0 Å². The summed E-state index contributed by atoms with van der Waals surface area (Å²) in [5, 5.41) is 3.56. The molecule has 2 rings (SSSR count). The Labute approximate surface area is 129 Å². The second kappa shape index (κ2) is 6.91. The lowest BCUT2D eigenvalue weighted by molar-refractivity contribution is 0.574. The van der Waals surface area contributed by atoms with Crippen LogP contribution in [0.5, 0.6) is 0 Å². The maximum Gasteiger partial charge on any atom is 0.0361 e. The van der Waals surface area contributed by atoms with E-state index in [4.69, 9.17) is 0 Å². The molecule has 20 heavy (non-hydrogen) atoms. The maximum absolute atomic E-state index is 3.58. The maximum atomic E-state index is 3.58. The summed E-state index contributed by atoms with van der Waals surface area (Å²) in [6.45, 7) is 3.06. The SMILES string of the molecule is CC(NCc1ccccc1Br)c1ccc(N(C)C)cc1. The van der Waals surface area contributed by atoms with E-state index in [9.17, 15) is 0 Å². The Morgan fingerprint density at radius 3 is 2.30 bits per heavy atom. The fourth-order valence-corrected chi connectivity index (χ4v) is 2.51. The Bertz CT molecular complexity index is 549. The molecule has 1 N–H and O–H groups in total. The van der Waals surface area contributed by atoms with Crippen LogP contribution in [0.4, 0.5) is 5.69 Å². The molecule has 0 spiro atoms. The van der Waals surface area contributed by atoms with Crippen molar-refractivity contribution in [3.05, 3.63) is 64.1 Å². The Kier molecular flexibility index (Phi) is 5.21. The van der Waals surface area contributed by atoms with E-state index in [0.717, 1.165) is 11.0 Å². The largest absolute Gasteiger partial charge is 0.378 e. The monoisotopic (exact) mass is 332 g/mol. The lowest BCUT2D eigenvalue weighted by atomic mass is 10.1. The van der Waals surface area contributed by atoms with Crippen molar-refractivity contribution >= 4 is 21.6 Å². The molecule has 2 aromatic carbocycles. The van der Waals surface area contributed by atoms with Crippen LogP contribution in [0.15, 0.2) is 53.0 Å². The second-order valence-electron chi connectivity index (χ2n) is 5.18. The molecule has 0 aromatic heterocycles. The lowest BCUT2D eigenvalue weighted by Crippen LogP contribution is -2.18. The van der Waals surface area contributed by atoms with Gasteiger partial charge in [-0.2, -0.15) is 0 Å². The molecule has 2 aromatic rings.